The molecule has 2 rings (SSSR count). The number of hydrogen-bond acceptors (Lipinski definition) is 2. The number of benzene rings is 1. The van der Waals surface area contributed by atoms with Gasteiger partial charge in [-0.1, -0.05) is 15.9 Å². The van der Waals surface area contributed by atoms with Gasteiger partial charge in [-0.05, 0) is 36.6 Å². The summed E-state index contributed by atoms with van der Waals surface area (Å²) in [6.07, 6.45) is 2.51. The van der Waals surface area contributed by atoms with Gasteiger partial charge >= 0.3 is 0 Å². The molecule has 0 radical (unpaired) electrons. The SMILES string of the molecule is COC1CCN(Cc2cc(F)ccc2Br)CC1. The largest absolute Gasteiger partial charge is 0.381 e. The van der Waals surface area contributed by atoms with Crippen LogP contribution in [0.4, 0.5) is 4.39 Å². The quantitative estimate of drug-likeness (QED) is 0.850. The second kappa shape index (κ2) is 5.94. The Morgan fingerprint density at radius 3 is 2.76 bits per heavy atom. The highest BCUT2D eigenvalue weighted by Gasteiger charge is 2.19. The van der Waals surface area contributed by atoms with Crippen LogP contribution in [-0.2, 0) is 11.3 Å². The fraction of sp³-hybridized carbons (Fsp3) is 0.538. The molecular weight excluding hydrogens is 285 g/mol. The number of halogens is 2. The van der Waals surface area contributed by atoms with E-state index >= 15 is 0 Å². The number of rotatable bonds is 3. The van der Waals surface area contributed by atoms with Crippen molar-refractivity contribution in [2.24, 2.45) is 0 Å². The van der Waals surface area contributed by atoms with Crippen LogP contribution in [-0.4, -0.2) is 31.2 Å². The molecule has 1 aliphatic rings. The molecule has 1 aromatic rings. The van der Waals surface area contributed by atoms with Crippen molar-refractivity contribution in [1.82, 2.24) is 4.90 Å². The van der Waals surface area contributed by atoms with Crippen LogP contribution in [0.1, 0.15) is 18.4 Å². The van der Waals surface area contributed by atoms with Crippen molar-refractivity contribution < 1.29 is 9.13 Å². The van der Waals surface area contributed by atoms with Crippen LogP contribution in [0.25, 0.3) is 0 Å². The standard InChI is InChI=1S/C13H17BrFNO/c1-17-12-4-6-16(7-5-12)9-10-8-11(15)2-3-13(10)14/h2-3,8,12H,4-7,9H2,1H3. The fourth-order valence-corrected chi connectivity index (χ4v) is 2.58. The molecule has 0 spiro atoms. The zero-order valence-electron chi connectivity index (χ0n) is 9.96. The van der Waals surface area contributed by atoms with Gasteiger partial charge in [-0.15, -0.1) is 0 Å². The van der Waals surface area contributed by atoms with Crippen molar-refractivity contribution in [3.63, 3.8) is 0 Å². The monoisotopic (exact) mass is 301 g/mol. The summed E-state index contributed by atoms with van der Waals surface area (Å²) in [6.45, 7) is 2.83. The lowest BCUT2D eigenvalue weighted by Crippen LogP contribution is -2.36. The third-order valence-electron chi connectivity index (χ3n) is 3.27. The van der Waals surface area contributed by atoms with Crippen molar-refractivity contribution in [1.29, 1.82) is 0 Å². The van der Waals surface area contributed by atoms with Gasteiger partial charge in [-0.25, -0.2) is 4.39 Å². The summed E-state index contributed by atoms with van der Waals surface area (Å²) in [5, 5.41) is 0. The first kappa shape index (κ1) is 13.0. The van der Waals surface area contributed by atoms with Gasteiger partial charge in [0.1, 0.15) is 5.82 Å². The minimum atomic E-state index is -0.171. The summed E-state index contributed by atoms with van der Waals surface area (Å²) in [7, 11) is 1.77. The molecule has 1 fully saturated rings. The lowest BCUT2D eigenvalue weighted by atomic mass is 10.1. The van der Waals surface area contributed by atoms with E-state index in [2.05, 4.69) is 20.8 Å². The number of likely N-dealkylation sites (tertiary alicyclic amines) is 1. The maximum Gasteiger partial charge on any atom is 0.123 e. The van der Waals surface area contributed by atoms with Crippen molar-refractivity contribution in [2.75, 3.05) is 20.2 Å². The van der Waals surface area contributed by atoms with Crippen LogP contribution in [0.5, 0.6) is 0 Å². The molecule has 0 amide bonds. The molecule has 1 heterocycles. The molecule has 0 saturated carbocycles. The van der Waals surface area contributed by atoms with E-state index in [1.54, 1.807) is 19.2 Å². The average Bonchev–Trinajstić information content (AvgIpc) is 2.35. The van der Waals surface area contributed by atoms with Crippen LogP contribution in [0.3, 0.4) is 0 Å². The summed E-state index contributed by atoms with van der Waals surface area (Å²) in [6, 6.07) is 4.85. The minimum absolute atomic E-state index is 0.171. The molecule has 1 saturated heterocycles. The fourth-order valence-electron chi connectivity index (χ4n) is 2.21. The lowest BCUT2D eigenvalue weighted by molar-refractivity contribution is 0.0388. The number of nitrogens with zero attached hydrogens (tertiary/aromatic N) is 1. The molecule has 1 aliphatic heterocycles. The van der Waals surface area contributed by atoms with Crippen molar-refractivity contribution in [3.05, 3.63) is 34.1 Å². The molecule has 0 aliphatic carbocycles. The Hall–Kier alpha value is -0.450. The normalized spacial score (nSPS) is 18.5. The highest BCUT2D eigenvalue weighted by Crippen LogP contribution is 2.22. The van der Waals surface area contributed by atoms with Gasteiger partial charge < -0.3 is 4.74 Å². The van der Waals surface area contributed by atoms with Gasteiger partial charge in [0.2, 0.25) is 0 Å². The van der Waals surface area contributed by atoms with Crippen LogP contribution in [0.15, 0.2) is 22.7 Å². The molecule has 0 N–H and O–H groups in total. The van der Waals surface area contributed by atoms with Crippen molar-refractivity contribution in [2.45, 2.75) is 25.5 Å². The molecule has 2 nitrogen and oxygen atoms in total. The highest BCUT2D eigenvalue weighted by atomic mass is 79.9. The Morgan fingerprint density at radius 2 is 2.12 bits per heavy atom. The van der Waals surface area contributed by atoms with E-state index in [9.17, 15) is 4.39 Å². The zero-order chi connectivity index (χ0) is 12.3. The second-order valence-corrected chi connectivity index (χ2v) is 5.30. The maximum absolute atomic E-state index is 13.2. The van der Waals surface area contributed by atoms with Gasteiger partial charge in [0.25, 0.3) is 0 Å². The topological polar surface area (TPSA) is 12.5 Å². The van der Waals surface area contributed by atoms with Crippen LogP contribution < -0.4 is 0 Å². The Morgan fingerprint density at radius 1 is 1.41 bits per heavy atom. The zero-order valence-corrected chi connectivity index (χ0v) is 11.5. The average molecular weight is 302 g/mol. The minimum Gasteiger partial charge on any atom is -0.381 e. The Bertz CT molecular complexity index is 378. The van der Waals surface area contributed by atoms with Crippen LogP contribution in [0, 0.1) is 5.82 Å². The van der Waals surface area contributed by atoms with Gasteiger partial charge in [0.05, 0.1) is 6.10 Å². The highest BCUT2D eigenvalue weighted by molar-refractivity contribution is 9.10. The molecule has 94 valence electrons. The number of piperidine rings is 1. The molecule has 4 heteroatoms. The van der Waals surface area contributed by atoms with E-state index in [1.807, 2.05) is 0 Å². The summed E-state index contributed by atoms with van der Waals surface area (Å²) in [4.78, 5) is 2.34. The Kier molecular flexibility index (Phi) is 4.54. The number of hydrogen-bond donors (Lipinski definition) is 0. The van der Waals surface area contributed by atoms with Gasteiger partial charge in [-0.3, -0.25) is 4.90 Å². The van der Waals surface area contributed by atoms with E-state index in [0.717, 1.165) is 42.5 Å². The predicted molar refractivity (Wildman–Crippen MR) is 69.4 cm³/mol. The maximum atomic E-state index is 13.2. The molecular formula is C13H17BrFNO. The lowest BCUT2D eigenvalue weighted by Gasteiger charge is -2.31. The van der Waals surface area contributed by atoms with E-state index in [1.165, 1.54) is 6.07 Å². The Labute approximate surface area is 110 Å². The number of methoxy groups -OCH3 is 1. The third-order valence-corrected chi connectivity index (χ3v) is 4.04. The van der Waals surface area contributed by atoms with Gasteiger partial charge in [0.15, 0.2) is 0 Å². The van der Waals surface area contributed by atoms with E-state index in [-0.39, 0.29) is 5.82 Å². The summed E-state index contributed by atoms with van der Waals surface area (Å²) in [5.41, 5.74) is 1.01. The molecule has 0 atom stereocenters. The van der Waals surface area contributed by atoms with E-state index in [4.69, 9.17) is 4.74 Å². The van der Waals surface area contributed by atoms with E-state index < -0.39 is 0 Å². The summed E-state index contributed by atoms with van der Waals surface area (Å²) >= 11 is 3.46. The van der Waals surface area contributed by atoms with Gasteiger partial charge in [-0.2, -0.15) is 0 Å². The number of ether oxygens (including phenoxy) is 1. The molecule has 0 aromatic heterocycles. The van der Waals surface area contributed by atoms with E-state index in [0.29, 0.717) is 6.10 Å². The smallest absolute Gasteiger partial charge is 0.123 e. The second-order valence-electron chi connectivity index (χ2n) is 4.45. The first-order chi connectivity index (χ1) is 8.19. The Balaban J connectivity index is 1.95. The third kappa shape index (κ3) is 3.50. The van der Waals surface area contributed by atoms with Crippen molar-refractivity contribution >= 4 is 15.9 Å². The molecule has 17 heavy (non-hydrogen) atoms. The van der Waals surface area contributed by atoms with Crippen LogP contribution in [0.2, 0.25) is 0 Å². The molecule has 1 aromatic carbocycles. The van der Waals surface area contributed by atoms with Crippen LogP contribution >= 0.6 is 15.9 Å². The van der Waals surface area contributed by atoms with Gasteiger partial charge in [0, 0.05) is 31.2 Å². The molecule has 0 unspecified atom stereocenters. The summed E-state index contributed by atoms with van der Waals surface area (Å²) < 4.78 is 19.5. The van der Waals surface area contributed by atoms with Crippen molar-refractivity contribution in [3.8, 4) is 0 Å². The summed E-state index contributed by atoms with van der Waals surface area (Å²) in [5.74, 6) is -0.171. The predicted octanol–water partition coefficient (Wildman–Crippen LogP) is 3.20. The first-order valence-corrected chi connectivity index (χ1v) is 6.67. The molecule has 0 bridgehead atoms. The first-order valence-electron chi connectivity index (χ1n) is 5.88.